The lowest BCUT2D eigenvalue weighted by molar-refractivity contribution is 1.06. The van der Waals surface area contributed by atoms with Crippen molar-refractivity contribution >= 4 is 28.8 Å². The molecule has 32 heavy (non-hydrogen) atoms. The second-order valence-electron chi connectivity index (χ2n) is 7.30. The van der Waals surface area contributed by atoms with Crippen LogP contribution in [-0.4, -0.2) is 35.1 Å². The topological polar surface area (TPSA) is 96.0 Å². The Kier molecular flexibility index (Phi) is 5.13. The Morgan fingerprint density at radius 1 is 1.00 bits per heavy atom. The van der Waals surface area contributed by atoms with Crippen molar-refractivity contribution in [3.8, 4) is 22.8 Å². The number of hydrogen-bond acceptors (Lipinski definition) is 5. The van der Waals surface area contributed by atoms with Crippen LogP contribution in [0.15, 0.2) is 67.3 Å². The molecule has 0 atom stereocenters. The van der Waals surface area contributed by atoms with Gasteiger partial charge in [-0.05, 0) is 49.8 Å². The molecule has 0 unspecified atom stereocenters. The van der Waals surface area contributed by atoms with Crippen molar-refractivity contribution in [3.63, 3.8) is 0 Å². The quantitative estimate of drug-likeness (QED) is 0.465. The second kappa shape index (κ2) is 8.39. The Labute approximate surface area is 184 Å². The Morgan fingerprint density at radius 2 is 1.84 bits per heavy atom. The van der Waals surface area contributed by atoms with E-state index in [4.69, 9.17) is 4.98 Å². The number of nitrogens with one attached hydrogen (secondary N) is 2. The molecule has 5 heterocycles. The summed E-state index contributed by atoms with van der Waals surface area (Å²) in [5.41, 5.74) is 6.13. The van der Waals surface area contributed by atoms with E-state index in [1.54, 1.807) is 24.8 Å². The zero-order chi connectivity index (χ0) is 21.9. The third kappa shape index (κ3) is 3.60. The molecular formula is C25H21N7. The molecule has 2 N–H and O–H groups in total. The van der Waals surface area contributed by atoms with Crippen LogP contribution >= 0.6 is 0 Å². The average molecular weight is 419 g/mol. The van der Waals surface area contributed by atoms with E-state index in [0.29, 0.717) is 5.82 Å². The van der Waals surface area contributed by atoms with Crippen LogP contribution in [0.25, 0.3) is 51.5 Å². The lowest BCUT2D eigenvalue weighted by atomic mass is 10.1. The molecule has 0 spiro atoms. The van der Waals surface area contributed by atoms with Crippen LogP contribution in [0.5, 0.6) is 0 Å². The molecule has 0 saturated carbocycles. The van der Waals surface area contributed by atoms with Crippen molar-refractivity contribution in [2.75, 3.05) is 0 Å². The lowest BCUT2D eigenvalue weighted by Gasteiger charge is -1.99. The summed E-state index contributed by atoms with van der Waals surface area (Å²) in [6.07, 6.45) is 13.2. The van der Waals surface area contributed by atoms with Gasteiger partial charge in [0, 0.05) is 29.4 Å². The highest BCUT2D eigenvalue weighted by molar-refractivity contribution is 5.91. The monoisotopic (exact) mass is 419 g/mol. The summed E-state index contributed by atoms with van der Waals surface area (Å²) in [7, 11) is 0. The van der Waals surface area contributed by atoms with Gasteiger partial charge in [0.1, 0.15) is 11.2 Å². The number of aromatic amines is 2. The van der Waals surface area contributed by atoms with Gasteiger partial charge < -0.3 is 4.98 Å². The van der Waals surface area contributed by atoms with Gasteiger partial charge in [0.15, 0.2) is 5.82 Å². The summed E-state index contributed by atoms with van der Waals surface area (Å²) >= 11 is 0. The maximum atomic E-state index is 4.85. The molecule has 7 nitrogen and oxygen atoms in total. The van der Waals surface area contributed by atoms with Crippen LogP contribution < -0.4 is 10.6 Å². The number of nitrogens with zero attached hydrogens (tertiary/aromatic N) is 5. The lowest BCUT2D eigenvalue weighted by Crippen LogP contribution is -2.23. The molecular weight excluding hydrogens is 398 g/mol. The van der Waals surface area contributed by atoms with Gasteiger partial charge in [0.25, 0.3) is 0 Å². The predicted molar refractivity (Wildman–Crippen MR) is 126 cm³/mol. The first-order valence-electron chi connectivity index (χ1n) is 10.3. The average Bonchev–Trinajstić information content (AvgIpc) is 3.47. The molecule has 5 aromatic heterocycles. The minimum absolute atomic E-state index is 0.680. The minimum Gasteiger partial charge on any atom is -0.335 e. The van der Waals surface area contributed by atoms with Crippen LogP contribution in [0.3, 0.4) is 0 Å². The van der Waals surface area contributed by atoms with Crippen molar-refractivity contribution < 1.29 is 0 Å². The Hall–Kier alpha value is -4.39. The number of pyridine rings is 3. The molecule has 0 bridgehead atoms. The number of rotatable bonds is 4. The number of imidazole rings is 1. The van der Waals surface area contributed by atoms with E-state index in [0.717, 1.165) is 49.8 Å². The van der Waals surface area contributed by atoms with Gasteiger partial charge in [0.2, 0.25) is 0 Å². The van der Waals surface area contributed by atoms with Crippen LogP contribution in [0.1, 0.15) is 19.5 Å². The molecule has 0 radical (unpaired) electrons. The highest BCUT2D eigenvalue weighted by atomic mass is 15.1. The van der Waals surface area contributed by atoms with E-state index >= 15 is 0 Å². The summed E-state index contributed by atoms with van der Waals surface area (Å²) < 4.78 is 0. The number of hydrogen-bond donors (Lipinski definition) is 2. The fourth-order valence-corrected chi connectivity index (χ4v) is 3.61. The normalized spacial score (nSPS) is 13.2. The van der Waals surface area contributed by atoms with Crippen LogP contribution in [0.4, 0.5) is 0 Å². The molecule has 156 valence electrons. The summed E-state index contributed by atoms with van der Waals surface area (Å²) in [6.45, 7) is 4.03. The van der Waals surface area contributed by atoms with E-state index in [1.807, 2.05) is 68.5 Å². The van der Waals surface area contributed by atoms with Gasteiger partial charge in [-0.15, -0.1) is 0 Å². The first-order valence-corrected chi connectivity index (χ1v) is 10.3. The smallest absolute Gasteiger partial charge is 0.159 e. The Morgan fingerprint density at radius 3 is 2.59 bits per heavy atom. The SMILES string of the molecule is C\C=c1/c(-c2nc3c(-c4ccccn4)cncc3[nH]2)n[nH]/c1=C/C=C(\C)c1ccccn1. The minimum atomic E-state index is 0.680. The Balaban J connectivity index is 1.59. The van der Waals surface area contributed by atoms with Crippen LogP contribution in [0.2, 0.25) is 0 Å². The number of fused-ring (bicyclic) bond motifs is 1. The molecule has 0 aliphatic carbocycles. The van der Waals surface area contributed by atoms with Gasteiger partial charge >= 0.3 is 0 Å². The maximum Gasteiger partial charge on any atom is 0.159 e. The van der Waals surface area contributed by atoms with Crippen LogP contribution in [-0.2, 0) is 0 Å². The van der Waals surface area contributed by atoms with Crippen molar-refractivity contribution in [1.82, 2.24) is 35.1 Å². The highest BCUT2D eigenvalue weighted by Gasteiger charge is 2.14. The third-order valence-electron chi connectivity index (χ3n) is 5.25. The first kappa shape index (κ1) is 19.6. The second-order valence-corrected chi connectivity index (χ2v) is 7.30. The van der Waals surface area contributed by atoms with E-state index in [9.17, 15) is 0 Å². The summed E-state index contributed by atoms with van der Waals surface area (Å²) in [5, 5.41) is 9.55. The number of H-pyrrole nitrogens is 2. The van der Waals surface area contributed by atoms with Gasteiger partial charge in [0.05, 0.1) is 28.5 Å². The largest absolute Gasteiger partial charge is 0.335 e. The standard InChI is InChI=1S/C25H21N7/c1-3-17-21(11-10-16(2)19-8-4-6-12-27-19)31-32-24(17)25-29-22-15-26-14-18(23(22)30-25)20-9-5-7-13-28-20/h3-15,31H,1-2H3,(H,29,30)/b16-10+,17-3-,21-11+. The molecule has 0 aliphatic heterocycles. The van der Waals surface area contributed by atoms with Crippen molar-refractivity contribution in [2.24, 2.45) is 0 Å². The maximum absolute atomic E-state index is 4.85. The predicted octanol–water partition coefficient (Wildman–Crippen LogP) is 3.49. The molecule has 5 rings (SSSR count). The van der Waals surface area contributed by atoms with E-state index < -0.39 is 0 Å². The molecule has 0 amide bonds. The number of aromatic nitrogens is 7. The van der Waals surface area contributed by atoms with Crippen molar-refractivity contribution in [2.45, 2.75) is 13.8 Å². The van der Waals surface area contributed by atoms with Gasteiger partial charge in [-0.2, -0.15) is 5.10 Å². The summed E-state index contributed by atoms with van der Waals surface area (Å²) in [6, 6.07) is 11.7. The van der Waals surface area contributed by atoms with Gasteiger partial charge in [-0.25, -0.2) is 4.98 Å². The van der Waals surface area contributed by atoms with E-state index in [-0.39, 0.29) is 0 Å². The van der Waals surface area contributed by atoms with Gasteiger partial charge in [-0.3, -0.25) is 20.1 Å². The molecule has 0 aliphatic rings. The molecule has 0 fully saturated rings. The number of allylic oxidation sites excluding steroid dienone is 2. The zero-order valence-corrected chi connectivity index (χ0v) is 17.7. The van der Waals surface area contributed by atoms with Crippen LogP contribution in [0, 0.1) is 0 Å². The van der Waals surface area contributed by atoms with Crippen molar-refractivity contribution in [3.05, 3.63) is 83.5 Å². The fraction of sp³-hybridized carbons (Fsp3) is 0.0800. The summed E-state index contributed by atoms with van der Waals surface area (Å²) in [4.78, 5) is 21.4. The Bertz CT molecular complexity index is 1530. The van der Waals surface area contributed by atoms with E-state index in [2.05, 4.69) is 30.1 Å². The summed E-state index contributed by atoms with van der Waals surface area (Å²) in [5.74, 6) is 0.680. The third-order valence-corrected chi connectivity index (χ3v) is 5.25. The fourth-order valence-electron chi connectivity index (χ4n) is 3.61. The molecule has 0 aromatic carbocycles. The molecule has 5 aromatic rings. The van der Waals surface area contributed by atoms with Crippen molar-refractivity contribution in [1.29, 1.82) is 0 Å². The van der Waals surface area contributed by atoms with Gasteiger partial charge in [-0.1, -0.05) is 24.3 Å². The highest BCUT2D eigenvalue weighted by Crippen LogP contribution is 2.26. The molecule has 0 saturated heterocycles. The zero-order valence-electron chi connectivity index (χ0n) is 17.7. The first-order chi connectivity index (χ1) is 15.7. The molecule has 7 heteroatoms. The van der Waals surface area contributed by atoms with E-state index in [1.165, 1.54) is 0 Å².